The average Bonchev–Trinajstić information content (AvgIpc) is 3.09. The fraction of sp³-hybridized carbons (Fsp3) is 0.150. The number of benzene rings is 2. The first-order valence-corrected chi connectivity index (χ1v) is 8.10. The molecular formula is C20H18N4O2. The highest BCUT2D eigenvalue weighted by molar-refractivity contribution is 6.03. The van der Waals surface area contributed by atoms with E-state index in [1.165, 1.54) is 0 Å². The van der Waals surface area contributed by atoms with Crippen LogP contribution in [0.15, 0.2) is 54.7 Å². The molecule has 0 aliphatic carbocycles. The predicted octanol–water partition coefficient (Wildman–Crippen LogP) is 3.66. The monoisotopic (exact) mass is 346 g/mol. The molecule has 0 spiro atoms. The highest BCUT2D eigenvalue weighted by Crippen LogP contribution is 2.17. The van der Waals surface area contributed by atoms with Crippen molar-refractivity contribution < 1.29 is 9.53 Å². The number of nitrogens with one attached hydrogen (secondary N) is 1. The van der Waals surface area contributed by atoms with Gasteiger partial charge in [0.15, 0.2) is 12.4 Å². The van der Waals surface area contributed by atoms with E-state index in [-0.39, 0.29) is 18.3 Å². The molecule has 0 saturated carbocycles. The van der Waals surface area contributed by atoms with Gasteiger partial charge in [-0.1, -0.05) is 18.2 Å². The minimum atomic E-state index is -0.377. The maximum Gasteiger partial charge on any atom is 0.276 e. The number of hydrogen-bond acceptors (Lipinski definition) is 4. The number of ether oxygens (including phenoxy) is 1. The molecule has 1 amide bonds. The van der Waals surface area contributed by atoms with Crippen molar-refractivity contribution in [2.24, 2.45) is 0 Å². The third kappa shape index (κ3) is 4.08. The van der Waals surface area contributed by atoms with Gasteiger partial charge in [0.05, 0.1) is 11.3 Å². The number of nitriles is 1. The van der Waals surface area contributed by atoms with Gasteiger partial charge >= 0.3 is 0 Å². The fourth-order valence-electron chi connectivity index (χ4n) is 2.59. The SMILES string of the molecule is Cc1cc(C)cc(OCn2ccc(C(=O)Nc3ccccc3C#N)n2)c1. The van der Waals surface area contributed by atoms with Crippen molar-refractivity contribution in [3.63, 3.8) is 0 Å². The summed E-state index contributed by atoms with van der Waals surface area (Å²) in [5, 5.41) is 16.0. The van der Waals surface area contributed by atoms with Gasteiger partial charge in [-0.15, -0.1) is 0 Å². The molecule has 3 rings (SSSR count). The molecule has 6 heteroatoms. The van der Waals surface area contributed by atoms with Crippen LogP contribution in [-0.4, -0.2) is 15.7 Å². The Balaban J connectivity index is 1.65. The van der Waals surface area contributed by atoms with E-state index in [1.807, 2.05) is 32.0 Å². The number of aryl methyl sites for hydroxylation is 2. The van der Waals surface area contributed by atoms with E-state index in [2.05, 4.69) is 16.5 Å². The quantitative estimate of drug-likeness (QED) is 0.764. The Hall–Kier alpha value is -3.59. The van der Waals surface area contributed by atoms with Gasteiger partial charge < -0.3 is 10.1 Å². The van der Waals surface area contributed by atoms with Crippen LogP contribution in [-0.2, 0) is 6.73 Å². The first kappa shape index (κ1) is 17.2. The number of carbonyl (C=O) groups is 1. The van der Waals surface area contributed by atoms with Crippen molar-refractivity contribution >= 4 is 11.6 Å². The lowest BCUT2D eigenvalue weighted by molar-refractivity contribution is 0.102. The third-order valence-electron chi connectivity index (χ3n) is 3.73. The maximum absolute atomic E-state index is 12.3. The first-order valence-electron chi connectivity index (χ1n) is 8.10. The molecule has 0 atom stereocenters. The number of aromatic nitrogens is 2. The number of amides is 1. The van der Waals surface area contributed by atoms with Crippen LogP contribution in [0.4, 0.5) is 5.69 Å². The maximum atomic E-state index is 12.3. The van der Waals surface area contributed by atoms with Crippen LogP contribution in [0, 0.1) is 25.2 Å². The van der Waals surface area contributed by atoms with Gasteiger partial charge in [0.25, 0.3) is 5.91 Å². The molecule has 1 aromatic heterocycles. The van der Waals surface area contributed by atoms with Crippen LogP contribution >= 0.6 is 0 Å². The highest BCUT2D eigenvalue weighted by atomic mass is 16.5. The molecule has 0 radical (unpaired) electrons. The number of rotatable bonds is 5. The third-order valence-corrected chi connectivity index (χ3v) is 3.73. The van der Waals surface area contributed by atoms with E-state index >= 15 is 0 Å². The van der Waals surface area contributed by atoms with Crippen LogP contribution in [0.25, 0.3) is 0 Å². The minimum Gasteiger partial charge on any atom is -0.471 e. The fourth-order valence-corrected chi connectivity index (χ4v) is 2.59. The zero-order valence-corrected chi connectivity index (χ0v) is 14.6. The van der Waals surface area contributed by atoms with Crippen LogP contribution in [0.3, 0.4) is 0 Å². The molecule has 130 valence electrons. The van der Waals surface area contributed by atoms with Crippen LogP contribution in [0.2, 0.25) is 0 Å². The smallest absolute Gasteiger partial charge is 0.276 e. The molecule has 0 saturated heterocycles. The van der Waals surface area contributed by atoms with Crippen molar-refractivity contribution in [3.05, 3.63) is 77.1 Å². The lowest BCUT2D eigenvalue weighted by Crippen LogP contribution is -2.15. The second-order valence-corrected chi connectivity index (χ2v) is 5.95. The summed E-state index contributed by atoms with van der Waals surface area (Å²) >= 11 is 0. The Morgan fingerprint density at radius 2 is 1.92 bits per heavy atom. The standard InChI is InChI=1S/C20H18N4O2/c1-14-9-15(2)11-17(10-14)26-13-24-8-7-19(23-24)20(25)22-18-6-4-3-5-16(18)12-21/h3-11H,13H2,1-2H3,(H,22,25). The van der Waals surface area contributed by atoms with E-state index in [4.69, 9.17) is 10.00 Å². The number of nitrogens with zero attached hydrogens (tertiary/aromatic N) is 3. The number of hydrogen-bond donors (Lipinski definition) is 1. The lowest BCUT2D eigenvalue weighted by Gasteiger charge is -2.08. The van der Waals surface area contributed by atoms with Gasteiger partial charge in [-0.3, -0.25) is 4.79 Å². The van der Waals surface area contributed by atoms with Gasteiger partial charge in [-0.05, 0) is 55.3 Å². The summed E-state index contributed by atoms with van der Waals surface area (Å²) < 4.78 is 7.27. The van der Waals surface area contributed by atoms with Gasteiger partial charge in [0.2, 0.25) is 0 Å². The molecule has 0 aliphatic rings. The molecule has 1 N–H and O–H groups in total. The molecule has 26 heavy (non-hydrogen) atoms. The Labute approximate surface area is 151 Å². The summed E-state index contributed by atoms with van der Waals surface area (Å²) in [6.45, 7) is 4.22. The van der Waals surface area contributed by atoms with Crippen LogP contribution in [0.1, 0.15) is 27.2 Å². The molecule has 0 aliphatic heterocycles. The van der Waals surface area contributed by atoms with Crippen molar-refractivity contribution in [2.45, 2.75) is 20.6 Å². The van der Waals surface area contributed by atoms with E-state index in [0.717, 1.165) is 16.9 Å². The van der Waals surface area contributed by atoms with E-state index in [1.54, 1.807) is 41.2 Å². The predicted molar refractivity (Wildman–Crippen MR) is 97.9 cm³/mol. The van der Waals surface area contributed by atoms with E-state index < -0.39 is 0 Å². The molecule has 6 nitrogen and oxygen atoms in total. The second-order valence-electron chi connectivity index (χ2n) is 5.95. The van der Waals surface area contributed by atoms with Crippen molar-refractivity contribution in [3.8, 4) is 11.8 Å². The van der Waals surface area contributed by atoms with Crippen molar-refractivity contribution in [2.75, 3.05) is 5.32 Å². The molecule has 3 aromatic rings. The number of anilines is 1. The van der Waals surface area contributed by atoms with Gasteiger partial charge in [0, 0.05) is 6.20 Å². The van der Waals surface area contributed by atoms with E-state index in [0.29, 0.717) is 11.3 Å². The second kappa shape index (κ2) is 7.53. The molecule has 0 bridgehead atoms. The van der Waals surface area contributed by atoms with Crippen molar-refractivity contribution in [1.29, 1.82) is 5.26 Å². The summed E-state index contributed by atoms with van der Waals surface area (Å²) in [7, 11) is 0. The topological polar surface area (TPSA) is 79.9 Å². The molecule has 2 aromatic carbocycles. The Bertz CT molecular complexity index is 965. The molecular weight excluding hydrogens is 328 g/mol. The van der Waals surface area contributed by atoms with Gasteiger partial charge in [0.1, 0.15) is 11.8 Å². The van der Waals surface area contributed by atoms with Crippen LogP contribution in [0.5, 0.6) is 5.75 Å². The Morgan fingerprint density at radius 1 is 1.19 bits per heavy atom. The molecule has 1 heterocycles. The minimum absolute atomic E-state index is 0.199. The zero-order chi connectivity index (χ0) is 18.5. The Morgan fingerprint density at radius 3 is 2.65 bits per heavy atom. The normalized spacial score (nSPS) is 10.2. The number of carbonyl (C=O) groups excluding carboxylic acids is 1. The molecule has 0 unspecified atom stereocenters. The van der Waals surface area contributed by atoms with Gasteiger partial charge in [-0.25, -0.2) is 4.68 Å². The zero-order valence-electron chi connectivity index (χ0n) is 14.6. The van der Waals surface area contributed by atoms with Crippen LogP contribution < -0.4 is 10.1 Å². The van der Waals surface area contributed by atoms with Crippen molar-refractivity contribution in [1.82, 2.24) is 9.78 Å². The molecule has 0 fully saturated rings. The Kier molecular flexibility index (Phi) is 4.99. The number of para-hydroxylation sites is 1. The summed E-state index contributed by atoms with van der Waals surface area (Å²) in [4.78, 5) is 12.3. The summed E-state index contributed by atoms with van der Waals surface area (Å²) in [5.41, 5.74) is 3.36. The average molecular weight is 346 g/mol. The first-order chi connectivity index (χ1) is 12.5. The summed E-state index contributed by atoms with van der Waals surface area (Å²) in [6, 6.07) is 16.4. The van der Waals surface area contributed by atoms with Gasteiger partial charge in [-0.2, -0.15) is 10.4 Å². The lowest BCUT2D eigenvalue weighted by atomic mass is 10.1. The van der Waals surface area contributed by atoms with E-state index in [9.17, 15) is 4.79 Å². The largest absolute Gasteiger partial charge is 0.471 e. The summed E-state index contributed by atoms with van der Waals surface area (Å²) in [6.07, 6.45) is 1.67. The highest BCUT2D eigenvalue weighted by Gasteiger charge is 2.12. The summed E-state index contributed by atoms with van der Waals surface area (Å²) in [5.74, 6) is 0.379.